The van der Waals surface area contributed by atoms with Crippen molar-refractivity contribution in [2.45, 2.75) is 30.4 Å². The van der Waals surface area contributed by atoms with Gasteiger partial charge in [0.1, 0.15) is 5.25 Å². The summed E-state index contributed by atoms with van der Waals surface area (Å²) < 4.78 is 47.6. The number of nitrogens with zero attached hydrogens (tertiary/aromatic N) is 1. The van der Waals surface area contributed by atoms with Crippen LogP contribution in [0, 0.1) is 0 Å². The van der Waals surface area contributed by atoms with Crippen LogP contribution in [0.4, 0.5) is 5.13 Å². The minimum atomic E-state index is -3.50. The number of hydrogen-bond donors (Lipinski definition) is 1. The fourth-order valence-corrected chi connectivity index (χ4v) is 4.96. The lowest BCUT2D eigenvalue weighted by atomic mass is 10.3. The van der Waals surface area contributed by atoms with E-state index < -0.39 is 30.8 Å². The summed E-state index contributed by atoms with van der Waals surface area (Å²) in [5.74, 6) is -0.704. The Bertz CT molecular complexity index is 977. The smallest absolute Gasteiger partial charge is 0.244 e. The van der Waals surface area contributed by atoms with Crippen molar-refractivity contribution in [2.75, 3.05) is 17.3 Å². The van der Waals surface area contributed by atoms with E-state index in [2.05, 4.69) is 10.3 Å². The van der Waals surface area contributed by atoms with E-state index in [-0.39, 0.29) is 15.8 Å². The van der Waals surface area contributed by atoms with Crippen LogP contribution in [0.2, 0.25) is 0 Å². The van der Waals surface area contributed by atoms with Gasteiger partial charge in [-0.15, -0.1) is 0 Å². The standard InChI is InChI=1S/C14H18N2O5S3/c1-4-7-24(20,21)9(2)13(17)16-14-15-11-6-5-10(23(3,18)19)8-12(11)22-14/h5-6,8-9H,4,7H2,1-3H3,(H,15,16,17). The number of benzene rings is 1. The predicted octanol–water partition coefficient (Wildman–Crippen LogP) is 1.85. The molecular formula is C14H18N2O5S3. The van der Waals surface area contributed by atoms with Crippen LogP contribution in [-0.4, -0.2) is 45.0 Å². The van der Waals surface area contributed by atoms with Gasteiger partial charge in [0.05, 0.1) is 20.9 Å². The van der Waals surface area contributed by atoms with Gasteiger partial charge in [0.25, 0.3) is 0 Å². The molecule has 1 heterocycles. The Hall–Kier alpha value is -1.52. The summed E-state index contributed by atoms with van der Waals surface area (Å²) in [5.41, 5.74) is 0.534. The highest BCUT2D eigenvalue weighted by Crippen LogP contribution is 2.28. The van der Waals surface area contributed by atoms with Crippen LogP contribution in [0.5, 0.6) is 0 Å². The number of rotatable bonds is 6. The van der Waals surface area contributed by atoms with Crippen LogP contribution in [0.3, 0.4) is 0 Å². The van der Waals surface area contributed by atoms with Gasteiger partial charge in [-0.1, -0.05) is 18.3 Å². The summed E-state index contributed by atoms with van der Waals surface area (Å²) >= 11 is 1.09. The first-order valence-corrected chi connectivity index (χ1v) is 11.6. The molecule has 7 nitrogen and oxygen atoms in total. The first-order valence-electron chi connectivity index (χ1n) is 7.17. The second-order valence-corrected chi connectivity index (χ2v) is 10.9. The maximum Gasteiger partial charge on any atom is 0.244 e. The van der Waals surface area contributed by atoms with Crippen molar-refractivity contribution in [3.63, 3.8) is 0 Å². The molecule has 0 aliphatic carbocycles. The maximum atomic E-state index is 12.1. The van der Waals surface area contributed by atoms with Gasteiger partial charge in [0.2, 0.25) is 5.91 Å². The fraction of sp³-hybridized carbons (Fsp3) is 0.429. The molecule has 0 radical (unpaired) electrons. The molecule has 1 aromatic carbocycles. The van der Waals surface area contributed by atoms with Crippen molar-refractivity contribution in [1.29, 1.82) is 0 Å². The summed E-state index contributed by atoms with van der Waals surface area (Å²) in [4.78, 5) is 16.5. The maximum absolute atomic E-state index is 12.1. The van der Waals surface area contributed by atoms with Gasteiger partial charge in [-0.05, 0) is 31.5 Å². The van der Waals surface area contributed by atoms with Crippen LogP contribution in [-0.2, 0) is 24.5 Å². The first-order chi connectivity index (χ1) is 11.0. The lowest BCUT2D eigenvalue weighted by Gasteiger charge is -2.10. The number of carbonyl (C=O) groups excluding carboxylic acids is 1. The molecule has 1 N–H and O–H groups in total. The average molecular weight is 391 g/mol. The Morgan fingerprint density at radius 1 is 1.29 bits per heavy atom. The minimum absolute atomic E-state index is 0.0564. The zero-order valence-corrected chi connectivity index (χ0v) is 15.9. The van der Waals surface area contributed by atoms with Gasteiger partial charge in [0, 0.05) is 6.26 Å². The first kappa shape index (κ1) is 18.8. The number of fused-ring (bicyclic) bond motifs is 1. The molecule has 0 fully saturated rings. The molecule has 1 unspecified atom stereocenters. The van der Waals surface area contributed by atoms with Gasteiger partial charge in [-0.2, -0.15) is 0 Å². The lowest BCUT2D eigenvalue weighted by Crippen LogP contribution is -2.33. The Morgan fingerprint density at radius 3 is 2.54 bits per heavy atom. The third kappa shape index (κ3) is 4.11. The predicted molar refractivity (Wildman–Crippen MR) is 94.9 cm³/mol. The molecule has 0 aliphatic rings. The molecule has 2 rings (SSSR count). The number of hydrogen-bond acceptors (Lipinski definition) is 7. The van der Waals surface area contributed by atoms with Gasteiger partial charge >= 0.3 is 0 Å². The van der Waals surface area contributed by atoms with Crippen LogP contribution in [0.1, 0.15) is 20.3 Å². The van der Waals surface area contributed by atoms with E-state index in [1.165, 1.54) is 19.1 Å². The number of sulfone groups is 2. The molecule has 132 valence electrons. The third-order valence-corrected chi connectivity index (χ3v) is 7.73. The van der Waals surface area contributed by atoms with Crippen LogP contribution in [0.25, 0.3) is 10.2 Å². The highest BCUT2D eigenvalue weighted by atomic mass is 32.2. The Labute approximate surface area is 144 Å². The van der Waals surface area contributed by atoms with E-state index in [9.17, 15) is 21.6 Å². The van der Waals surface area contributed by atoms with Gasteiger partial charge in [-0.25, -0.2) is 21.8 Å². The number of aromatic nitrogens is 1. The Morgan fingerprint density at radius 2 is 1.96 bits per heavy atom. The second-order valence-electron chi connectivity index (χ2n) is 5.42. The van der Waals surface area contributed by atoms with Gasteiger partial charge in [-0.3, -0.25) is 4.79 Å². The molecule has 0 bridgehead atoms. The van der Waals surface area contributed by atoms with E-state index in [1.807, 2.05) is 0 Å². The van der Waals surface area contributed by atoms with Gasteiger partial charge in [0.15, 0.2) is 24.8 Å². The van der Waals surface area contributed by atoms with Crippen molar-refractivity contribution >= 4 is 52.3 Å². The molecule has 1 amide bonds. The van der Waals surface area contributed by atoms with E-state index >= 15 is 0 Å². The number of carbonyl (C=O) groups is 1. The molecule has 0 spiro atoms. The second kappa shape index (κ2) is 6.77. The SMILES string of the molecule is CCCS(=O)(=O)C(C)C(=O)Nc1nc2ccc(S(C)(=O)=O)cc2s1. The topological polar surface area (TPSA) is 110 Å². The molecule has 0 saturated heterocycles. The van der Waals surface area contributed by atoms with Gasteiger partial charge < -0.3 is 5.32 Å². The number of thiazole rings is 1. The third-order valence-electron chi connectivity index (χ3n) is 3.41. The molecule has 1 atom stereocenters. The highest BCUT2D eigenvalue weighted by Gasteiger charge is 2.27. The van der Waals surface area contributed by atoms with Crippen molar-refractivity contribution in [1.82, 2.24) is 4.98 Å². The molecule has 2 aromatic rings. The molecule has 0 saturated carbocycles. The largest absolute Gasteiger partial charge is 0.301 e. The van der Waals surface area contributed by atoms with Crippen molar-refractivity contribution in [3.05, 3.63) is 18.2 Å². The van der Waals surface area contributed by atoms with E-state index in [0.717, 1.165) is 17.6 Å². The summed E-state index contributed by atoms with van der Waals surface area (Å²) in [6, 6.07) is 4.47. The normalized spacial score (nSPS) is 13.8. The lowest BCUT2D eigenvalue weighted by molar-refractivity contribution is -0.115. The van der Waals surface area contributed by atoms with E-state index in [1.54, 1.807) is 13.0 Å². The quantitative estimate of drug-likeness (QED) is 0.806. The highest BCUT2D eigenvalue weighted by molar-refractivity contribution is 7.92. The van der Waals surface area contributed by atoms with E-state index in [0.29, 0.717) is 16.6 Å². The molecule has 0 aliphatic heterocycles. The summed E-state index contributed by atoms with van der Waals surface area (Å²) in [7, 11) is -6.84. The van der Waals surface area contributed by atoms with Crippen molar-refractivity contribution in [2.24, 2.45) is 0 Å². The van der Waals surface area contributed by atoms with Crippen LogP contribution >= 0.6 is 11.3 Å². The van der Waals surface area contributed by atoms with Crippen molar-refractivity contribution < 1.29 is 21.6 Å². The zero-order valence-electron chi connectivity index (χ0n) is 13.4. The Balaban J connectivity index is 2.26. The molecular weight excluding hydrogens is 372 g/mol. The fourth-order valence-electron chi connectivity index (χ4n) is 2.02. The summed E-state index contributed by atoms with van der Waals surface area (Å²) in [6.07, 6.45) is 1.55. The molecule has 10 heteroatoms. The van der Waals surface area contributed by atoms with Crippen LogP contribution in [0.15, 0.2) is 23.1 Å². The van der Waals surface area contributed by atoms with Crippen LogP contribution < -0.4 is 5.32 Å². The average Bonchev–Trinajstić information content (AvgIpc) is 2.86. The number of amides is 1. The zero-order chi connectivity index (χ0) is 18.1. The summed E-state index contributed by atoms with van der Waals surface area (Å²) in [5, 5.41) is 1.56. The number of nitrogens with one attached hydrogen (secondary N) is 1. The minimum Gasteiger partial charge on any atom is -0.301 e. The van der Waals surface area contributed by atoms with Crippen molar-refractivity contribution in [3.8, 4) is 0 Å². The van der Waals surface area contributed by atoms with E-state index in [4.69, 9.17) is 0 Å². The monoisotopic (exact) mass is 390 g/mol. The summed E-state index contributed by atoms with van der Waals surface area (Å²) in [6.45, 7) is 3.07. The molecule has 24 heavy (non-hydrogen) atoms. The molecule has 1 aromatic heterocycles. The number of anilines is 1. The Kier molecular flexibility index (Phi) is 5.31.